The zero-order valence-electron chi connectivity index (χ0n) is 44.7. The molecule has 1 aliphatic heterocycles. The Kier molecular flexibility index (Phi) is 23.8. The second-order valence-corrected chi connectivity index (χ2v) is 19.1. The number of imidazole rings is 1. The van der Waals surface area contributed by atoms with Gasteiger partial charge in [0.05, 0.1) is 84.6 Å². The van der Waals surface area contributed by atoms with E-state index in [1.807, 2.05) is 13.8 Å². The number of nitrogens with one attached hydrogen (secondary N) is 4. The van der Waals surface area contributed by atoms with Crippen molar-refractivity contribution in [2.24, 2.45) is 11.7 Å². The van der Waals surface area contributed by atoms with Gasteiger partial charge >= 0.3 is 17.8 Å². The number of carbonyl (C=O) groups is 5. The van der Waals surface area contributed by atoms with E-state index in [1.54, 1.807) is 63.2 Å². The third-order valence-corrected chi connectivity index (χ3v) is 11.9. The van der Waals surface area contributed by atoms with Crippen molar-refractivity contribution >= 4 is 52.4 Å². The smallest absolute Gasteiger partial charge is 0.410 e. The molecular formula is C52H75N11O14. The molecular weight excluding hydrogens is 1000 g/mol. The molecule has 0 saturated heterocycles. The number of nitrogen functional groups attached to an aromatic ring is 1. The number of fused-ring (bicyclic) bond motifs is 1. The summed E-state index contributed by atoms with van der Waals surface area (Å²) in [6.07, 6.45) is 2.33. The van der Waals surface area contributed by atoms with Gasteiger partial charge in [0.2, 0.25) is 11.8 Å². The minimum absolute atomic E-state index is 0.0335. The molecule has 4 aromatic rings. The first-order valence-electron chi connectivity index (χ1n) is 25.6. The van der Waals surface area contributed by atoms with Crippen molar-refractivity contribution in [3.05, 3.63) is 81.8 Å². The Hall–Kier alpha value is -7.00. The van der Waals surface area contributed by atoms with Crippen LogP contribution >= 0.6 is 0 Å². The zero-order chi connectivity index (χ0) is 56.1. The highest BCUT2D eigenvalue weighted by atomic mass is 16.6. The maximum absolute atomic E-state index is 13.7. The molecule has 0 bridgehead atoms. The maximum Gasteiger partial charge on any atom is 0.410 e. The van der Waals surface area contributed by atoms with Gasteiger partial charge in [-0.25, -0.2) is 9.59 Å². The van der Waals surface area contributed by atoms with Crippen molar-refractivity contribution in [2.45, 2.75) is 104 Å². The second-order valence-electron chi connectivity index (χ2n) is 19.1. The summed E-state index contributed by atoms with van der Waals surface area (Å²) in [4.78, 5) is 90.8. The number of nitrogens with two attached hydrogens (primary N) is 2. The van der Waals surface area contributed by atoms with E-state index < -0.39 is 47.5 Å². The number of benzene rings is 2. The fraction of sp³-hybridized carbons (Fsp3) is 0.538. The topological polar surface area (TPSA) is 339 Å². The number of methoxy groups -OCH3 is 1. The first-order valence-corrected chi connectivity index (χ1v) is 25.6. The standard InChI is InChI=1S/C52H75N11O14/c1-7-76-49-59-45(54)44-46(60-49)63(50(69)58-44)30-36-14-11-35(28-39(36)72-6)29-61(32-52(4,5)71)51(70)77-31-34-12-15-37(16-13-34)55-47(67)38(10-8-9-20-53)56-48(68)43(33(2)3)57-40(64)19-22-73-24-26-75-27-25-74-23-21-62-41(65)17-18-42(62)66/h11-18,28,33,38,40,43,57,64,71H,7-10,19-27,29-32,53H2,1-6H3,(H,55,67)(H,56,68)(H,58,69)(H2,54,59,60)/t38-,40?,43-/m0/s1. The summed E-state index contributed by atoms with van der Waals surface area (Å²) in [6, 6.07) is 10.2. The molecule has 10 N–H and O–H groups in total. The molecule has 0 fully saturated rings. The molecule has 2 aromatic carbocycles. The van der Waals surface area contributed by atoms with Gasteiger partial charge in [-0.1, -0.05) is 38.1 Å². The zero-order valence-corrected chi connectivity index (χ0v) is 44.7. The molecule has 1 unspecified atom stereocenters. The molecule has 77 heavy (non-hydrogen) atoms. The minimum atomic E-state index is -1.28. The van der Waals surface area contributed by atoms with E-state index in [9.17, 15) is 39.0 Å². The van der Waals surface area contributed by atoms with E-state index >= 15 is 0 Å². The van der Waals surface area contributed by atoms with Crippen molar-refractivity contribution in [3.8, 4) is 11.8 Å². The van der Waals surface area contributed by atoms with Crippen LogP contribution in [0.3, 0.4) is 0 Å². The molecule has 25 heteroatoms. The number of hydrogen-bond acceptors (Lipinski definition) is 19. The first-order chi connectivity index (χ1) is 36.8. The Labute approximate surface area is 446 Å². The van der Waals surface area contributed by atoms with Crippen LogP contribution in [0.1, 0.15) is 77.0 Å². The average molecular weight is 1080 g/mol. The number of aromatic nitrogens is 4. The number of rotatable bonds is 34. The monoisotopic (exact) mass is 1080 g/mol. The molecule has 25 nitrogen and oxygen atoms in total. The van der Waals surface area contributed by atoms with E-state index in [2.05, 4.69) is 30.9 Å². The third kappa shape index (κ3) is 19.2. The molecule has 3 heterocycles. The lowest BCUT2D eigenvalue weighted by atomic mass is 10.0. The lowest BCUT2D eigenvalue weighted by Crippen LogP contribution is -2.55. The number of aromatic amines is 1. The molecule has 1 aliphatic rings. The summed E-state index contributed by atoms with van der Waals surface area (Å²) in [5.74, 6) is -1.41. The fourth-order valence-electron chi connectivity index (χ4n) is 8.01. The lowest BCUT2D eigenvalue weighted by molar-refractivity contribution is -0.137. The number of aliphatic hydroxyl groups is 2. The van der Waals surface area contributed by atoms with Crippen LogP contribution in [0.4, 0.5) is 16.3 Å². The van der Waals surface area contributed by atoms with E-state index in [4.69, 9.17) is 39.9 Å². The van der Waals surface area contributed by atoms with Crippen LogP contribution in [0, 0.1) is 5.92 Å². The van der Waals surface area contributed by atoms with E-state index in [0.29, 0.717) is 60.5 Å². The Bertz CT molecular complexity index is 2650. The average Bonchev–Trinajstić information content (AvgIpc) is 3.93. The lowest BCUT2D eigenvalue weighted by Gasteiger charge is -2.29. The van der Waals surface area contributed by atoms with Crippen molar-refractivity contribution in [1.29, 1.82) is 0 Å². The van der Waals surface area contributed by atoms with Crippen LogP contribution in [0.5, 0.6) is 11.8 Å². The summed E-state index contributed by atoms with van der Waals surface area (Å²) in [7, 11) is 1.49. The molecule has 0 saturated carbocycles. The van der Waals surface area contributed by atoms with Gasteiger partial charge in [-0.05, 0) is 81.8 Å². The normalized spacial score (nSPS) is 13.8. The Morgan fingerprint density at radius 1 is 0.883 bits per heavy atom. The number of nitrogens with zero attached hydrogens (tertiary/aromatic N) is 5. The number of carbonyl (C=O) groups excluding carboxylic acids is 5. The molecule has 0 aliphatic carbocycles. The first kappa shape index (κ1) is 60.9. The summed E-state index contributed by atoms with van der Waals surface area (Å²) in [5.41, 5.74) is 12.9. The Morgan fingerprint density at radius 2 is 1.55 bits per heavy atom. The quantitative estimate of drug-likeness (QED) is 0.0188. The van der Waals surface area contributed by atoms with Gasteiger partial charge in [-0.3, -0.25) is 34.0 Å². The third-order valence-electron chi connectivity index (χ3n) is 11.9. The summed E-state index contributed by atoms with van der Waals surface area (Å²) >= 11 is 0. The number of anilines is 2. The molecule has 3 atom stereocenters. The number of aliphatic hydroxyl groups excluding tert-OH is 1. The molecule has 5 rings (SSSR count). The molecule has 0 spiro atoms. The van der Waals surface area contributed by atoms with Gasteiger partial charge < -0.3 is 70.6 Å². The van der Waals surface area contributed by atoms with E-state index in [1.165, 1.54) is 28.7 Å². The number of H-pyrrole nitrogens is 1. The van der Waals surface area contributed by atoms with Crippen LogP contribution in [0.25, 0.3) is 11.2 Å². The van der Waals surface area contributed by atoms with Crippen molar-refractivity contribution in [1.82, 2.24) is 40.0 Å². The minimum Gasteiger partial charge on any atom is -0.496 e. The fourth-order valence-corrected chi connectivity index (χ4v) is 8.01. The van der Waals surface area contributed by atoms with Crippen molar-refractivity contribution in [3.63, 3.8) is 0 Å². The number of unbranched alkanes of at least 4 members (excludes halogenated alkanes) is 1. The maximum atomic E-state index is 13.7. The molecule has 0 radical (unpaired) electrons. The van der Waals surface area contributed by atoms with Crippen LogP contribution in [-0.2, 0) is 57.8 Å². The Morgan fingerprint density at radius 3 is 2.18 bits per heavy atom. The summed E-state index contributed by atoms with van der Waals surface area (Å²) < 4.78 is 34.7. The number of hydrogen-bond donors (Lipinski definition) is 8. The van der Waals surface area contributed by atoms with Crippen LogP contribution in [0.2, 0.25) is 0 Å². The highest BCUT2D eigenvalue weighted by Gasteiger charge is 2.30. The molecule has 5 amide bonds. The molecule has 422 valence electrons. The SMILES string of the molecule is CCOc1nc(N)c2[nH]c(=O)n(Cc3ccc(CN(CC(C)(C)O)C(=O)OCc4ccc(NC(=O)[C@H](CCCCN)NC(=O)[C@@H](NC(O)CCOCCOCCOCCN5C(=O)C=CC5=O)C(C)C)cc4)cc3OC)c2n1. The summed E-state index contributed by atoms with van der Waals surface area (Å²) in [5, 5.41) is 30.2. The predicted molar refractivity (Wildman–Crippen MR) is 283 cm³/mol. The number of ether oxygens (including phenoxy) is 6. The van der Waals surface area contributed by atoms with E-state index in [-0.39, 0.29) is 120 Å². The molecule has 2 aromatic heterocycles. The van der Waals surface area contributed by atoms with Crippen molar-refractivity contribution < 1.29 is 62.6 Å². The van der Waals surface area contributed by atoms with Crippen LogP contribution in [0.15, 0.2) is 59.4 Å². The van der Waals surface area contributed by atoms with Gasteiger partial charge in [-0.15, -0.1) is 0 Å². The predicted octanol–water partition coefficient (Wildman–Crippen LogP) is 1.92. The Balaban J connectivity index is 1.09. The second kappa shape index (κ2) is 30.1. The van der Waals surface area contributed by atoms with Gasteiger partial charge in [0, 0.05) is 36.4 Å². The van der Waals surface area contributed by atoms with Crippen LogP contribution < -0.4 is 42.6 Å². The van der Waals surface area contributed by atoms with E-state index in [0.717, 1.165) is 4.90 Å². The van der Waals surface area contributed by atoms with Gasteiger partial charge in [0.1, 0.15) is 30.1 Å². The number of amides is 5. The largest absolute Gasteiger partial charge is 0.496 e. The number of imide groups is 1. The van der Waals surface area contributed by atoms with Gasteiger partial charge in [0.25, 0.3) is 11.8 Å². The highest BCUT2D eigenvalue weighted by molar-refractivity contribution is 6.12. The van der Waals surface area contributed by atoms with Crippen molar-refractivity contribution in [2.75, 3.05) is 84.0 Å². The van der Waals surface area contributed by atoms with Gasteiger partial charge in [0.15, 0.2) is 11.5 Å². The van der Waals surface area contributed by atoms with Crippen LogP contribution in [-0.4, -0.2) is 166 Å². The summed E-state index contributed by atoms with van der Waals surface area (Å²) in [6.45, 7) is 10.8. The van der Waals surface area contributed by atoms with Gasteiger partial charge in [-0.2, -0.15) is 9.97 Å². The highest BCUT2D eigenvalue weighted by Crippen LogP contribution is 2.26.